The first-order valence-corrected chi connectivity index (χ1v) is 8.65. The van der Waals surface area contributed by atoms with Gasteiger partial charge >= 0.3 is 0 Å². The molecule has 0 bridgehead atoms. The van der Waals surface area contributed by atoms with Gasteiger partial charge in [-0.25, -0.2) is 0 Å². The normalized spacial score (nSPS) is 18.6. The van der Waals surface area contributed by atoms with Crippen LogP contribution in [0.3, 0.4) is 0 Å². The van der Waals surface area contributed by atoms with E-state index in [1.54, 1.807) is 12.1 Å². The maximum Gasteiger partial charge on any atom is 0.269 e. The predicted molar refractivity (Wildman–Crippen MR) is 97.6 cm³/mol. The van der Waals surface area contributed by atoms with Crippen LogP contribution < -0.4 is 5.32 Å². The number of anilines is 1. The van der Waals surface area contributed by atoms with E-state index in [1.165, 1.54) is 17.7 Å². The maximum atomic E-state index is 12.5. The van der Waals surface area contributed by atoms with Crippen molar-refractivity contribution in [3.8, 4) is 0 Å². The van der Waals surface area contributed by atoms with Gasteiger partial charge in [0, 0.05) is 30.2 Å². The average molecular weight is 338 g/mol. The molecule has 0 radical (unpaired) electrons. The van der Waals surface area contributed by atoms with E-state index in [-0.39, 0.29) is 23.4 Å². The standard InChI is InChI=1S/C20H22N2O3/c1-14-6-10-16(11-7-14)21-20(18-4-2-3-5-19(18)23)15-8-12-17(13-9-15)22(24)25/h6-13,18,20-21H,2-5H2,1H3/t18-,20+/m0/s1. The average Bonchev–Trinajstić information content (AvgIpc) is 2.62. The lowest BCUT2D eigenvalue weighted by Gasteiger charge is -2.31. The van der Waals surface area contributed by atoms with Crippen LogP contribution in [0.15, 0.2) is 48.5 Å². The highest BCUT2D eigenvalue weighted by Gasteiger charge is 2.31. The number of benzene rings is 2. The van der Waals surface area contributed by atoms with Crippen LogP contribution in [0.5, 0.6) is 0 Å². The molecule has 5 heteroatoms. The third-order valence-electron chi connectivity index (χ3n) is 4.84. The van der Waals surface area contributed by atoms with Gasteiger partial charge in [-0.3, -0.25) is 14.9 Å². The van der Waals surface area contributed by atoms with Crippen molar-refractivity contribution in [2.45, 2.75) is 38.6 Å². The zero-order chi connectivity index (χ0) is 17.8. The van der Waals surface area contributed by atoms with Crippen molar-refractivity contribution in [2.75, 3.05) is 5.32 Å². The molecule has 0 heterocycles. The van der Waals surface area contributed by atoms with Gasteiger partial charge in [-0.1, -0.05) is 36.2 Å². The number of Topliss-reactive ketones (excluding diaryl/α,β-unsaturated/α-hetero) is 1. The van der Waals surface area contributed by atoms with Gasteiger partial charge in [0.2, 0.25) is 0 Å². The molecule has 0 spiro atoms. The molecule has 1 aliphatic rings. The second-order valence-electron chi connectivity index (χ2n) is 6.66. The number of rotatable bonds is 5. The van der Waals surface area contributed by atoms with Gasteiger partial charge in [-0.05, 0) is 37.5 Å². The minimum absolute atomic E-state index is 0.0628. The van der Waals surface area contributed by atoms with E-state index in [0.29, 0.717) is 6.42 Å². The number of aryl methyl sites for hydroxylation is 1. The summed E-state index contributed by atoms with van der Waals surface area (Å²) in [5.74, 6) is 0.172. The SMILES string of the molecule is Cc1ccc(N[C@H](c2ccc([N+](=O)[O-])cc2)[C@H]2CCCCC2=O)cc1. The molecule has 1 fully saturated rings. The number of carbonyl (C=O) groups is 1. The van der Waals surface area contributed by atoms with Gasteiger partial charge in [-0.15, -0.1) is 0 Å². The summed E-state index contributed by atoms with van der Waals surface area (Å²) >= 11 is 0. The van der Waals surface area contributed by atoms with Gasteiger partial charge in [0.05, 0.1) is 11.0 Å². The summed E-state index contributed by atoms with van der Waals surface area (Å²) in [5, 5.41) is 14.4. The second-order valence-corrected chi connectivity index (χ2v) is 6.66. The second kappa shape index (κ2) is 7.47. The van der Waals surface area contributed by atoms with Crippen molar-refractivity contribution in [1.29, 1.82) is 0 Å². The van der Waals surface area contributed by atoms with E-state index in [0.717, 1.165) is 30.5 Å². The molecule has 3 rings (SSSR count). The Balaban J connectivity index is 1.91. The van der Waals surface area contributed by atoms with E-state index < -0.39 is 4.92 Å². The van der Waals surface area contributed by atoms with Crippen LogP contribution in [0.2, 0.25) is 0 Å². The predicted octanol–water partition coefficient (Wildman–Crippen LogP) is 4.82. The molecular formula is C20H22N2O3. The minimum Gasteiger partial charge on any atom is -0.378 e. The monoisotopic (exact) mass is 338 g/mol. The first-order chi connectivity index (χ1) is 12.0. The molecule has 5 nitrogen and oxygen atoms in total. The fourth-order valence-corrected chi connectivity index (χ4v) is 3.41. The molecule has 0 aliphatic heterocycles. The van der Waals surface area contributed by atoms with E-state index in [1.807, 2.05) is 31.2 Å². The minimum atomic E-state index is -0.405. The Morgan fingerprint density at radius 2 is 1.76 bits per heavy atom. The first-order valence-electron chi connectivity index (χ1n) is 8.65. The third kappa shape index (κ3) is 4.05. The molecule has 1 N–H and O–H groups in total. The molecule has 2 aromatic rings. The number of nitrogens with zero attached hydrogens (tertiary/aromatic N) is 1. The van der Waals surface area contributed by atoms with Crippen molar-refractivity contribution in [3.63, 3.8) is 0 Å². The number of nitrogens with one attached hydrogen (secondary N) is 1. The molecule has 0 aromatic heterocycles. The lowest BCUT2D eigenvalue weighted by molar-refractivity contribution is -0.384. The van der Waals surface area contributed by atoms with Crippen LogP contribution in [0.1, 0.15) is 42.9 Å². The zero-order valence-corrected chi connectivity index (χ0v) is 14.3. The molecule has 1 saturated carbocycles. The molecule has 2 aromatic carbocycles. The number of non-ortho nitro benzene ring substituents is 1. The highest BCUT2D eigenvalue weighted by Crippen LogP contribution is 2.35. The van der Waals surface area contributed by atoms with Crippen molar-refractivity contribution in [3.05, 3.63) is 69.8 Å². The Bertz CT molecular complexity index is 754. The van der Waals surface area contributed by atoms with Crippen LogP contribution in [0.4, 0.5) is 11.4 Å². The summed E-state index contributed by atoms with van der Waals surface area (Å²) in [4.78, 5) is 23.0. The molecule has 25 heavy (non-hydrogen) atoms. The smallest absolute Gasteiger partial charge is 0.269 e. The Kier molecular flexibility index (Phi) is 5.12. The third-order valence-corrected chi connectivity index (χ3v) is 4.84. The number of hydrogen-bond acceptors (Lipinski definition) is 4. The highest BCUT2D eigenvalue weighted by atomic mass is 16.6. The topological polar surface area (TPSA) is 72.2 Å². The molecule has 1 aliphatic carbocycles. The van der Waals surface area contributed by atoms with Crippen molar-refractivity contribution in [2.24, 2.45) is 5.92 Å². The van der Waals surface area contributed by atoms with Crippen LogP contribution in [-0.4, -0.2) is 10.7 Å². The molecular weight excluding hydrogens is 316 g/mol. The van der Waals surface area contributed by atoms with Crippen molar-refractivity contribution < 1.29 is 9.72 Å². The number of ketones is 1. The molecule has 0 saturated heterocycles. The van der Waals surface area contributed by atoms with Gasteiger partial charge in [-0.2, -0.15) is 0 Å². The van der Waals surface area contributed by atoms with E-state index >= 15 is 0 Å². The van der Waals surface area contributed by atoms with Gasteiger partial charge in [0.1, 0.15) is 5.78 Å². The molecule has 2 atom stereocenters. The highest BCUT2D eigenvalue weighted by molar-refractivity contribution is 5.83. The summed E-state index contributed by atoms with van der Waals surface area (Å²) in [5.41, 5.74) is 3.10. The number of hydrogen-bond donors (Lipinski definition) is 1. The number of nitro groups is 1. The van der Waals surface area contributed by atoms with Gasteiger partial charge < -0.3 is 5.32 Å². The Labute approximate surface area is 147 Å². The Morgan fingerprint density at radius 1 is 1.08 bits per heavy atom. The largest absolute Gasteiger partial charge is 0.378 e. The van der Waals surface area contributed by atoms with Crippen molar-refractivity contribution >= 4 is 17.2 Å². The van der Waals surface area contributed by atoms with Crippen LogP contribution in [0.25, 0.3) is 0 Å². The lowest BCUT2D eigenvalue weighted by atomic mass is 9.80. The molecule has 130 valence electrons. The van der Waals surface area contributed by atoms with E-state index in [2.05, 4.69) is 5.32 Å². The molecule has 0 amide bonds. The van der Waals surface area contributed by atoms with Crippen LogP contribution in [0, 0.1) is 23.0 Å². The van der Waals surface area contributed by atoms with Gasteiger partial charge in [0.25, 0.3) is 5.69 Å². The summed E-state index contributed by atoms with van der Waals surface area (Å²) in [6.07, 6.45) is 3.45. The van der Waals surface area contributed by atoms with Crippen LogP contribution >= 0.6 is 0 Å². The zero-order valence-electron chi connectivity index (χ0n) is 14.3. The fraction of sp³-hybridized carbons (Fsp3) is 0.350. The number of carbonyl (C=O) groups excluding carboxylic acids is 1. The van der Waals surface area contributed by atoms with E-state index in [4.69, 9.17) is 0 Å². The van der Waals surface area contributed by atoms with Gasteiger partial charge in [0.15, 0.2) is 0 Å². The summed E-state index contributed by atoms with van der Waals surface area (Å²) in [6.45, 7) is 2.03. The maximum absolute atomic E-state index is 12.5. The lowest BCUT2D eigenvalue weighted by Crippen LogP contribution is -2.30. The molecule has 0 unspecified atom stereocenters. The Hall–Kier alpha value is -2.69. The van der Waals surface area contributed by atoms with E-state index in [9.17, 15) is 14.9 Å². The summed E-state index contributed by atoms with van der Waals surface area (Å²) in [6, 6.07) is 14.4. The summed E-state index contributed by atoms with van der Waals surface area (Å²) in [7, 11) is 0. The summed E-state index contributed by atoms with van der Waals surface area (Å²) < 4.78 is 0. The first kappa shape index (κ1) is 17.1. The van der Waals surface area contributed by atoms with Crippen molar-refractivity contribution in [1.82, 2.24) is 0 Å². The quantitative estimate of drug-likeness (QED) is 0.627. The Morgan fingerprint density at radius 3 is 2.36 bits per heavy atom. The fourth-order valence-electron chi connectivity index (χ4n) is 3.41. The van der Waals surface area contributed by atoms with Crippen LogP contribution in [-0.2, 0) is 4.79 Å². The number of nitro benzene ring substituents is 1.